The van der Waals surface area contributed by atoms with Crippen LogP contribution in [-0.2, 0) is 4.79 Å². The Bertz CT molecular complexity index is 335. The van der Waals surface area contributed by atoms with Gasteiger partial charge in [-0.1, -0.05) is 36.9 Å². The zero-order chi connectivity index (χ0) is 11.3. The van der Waals surface area contributed by atoms with E-state index in [0.717, 1.165) is 5.56 Å². The molecule has 2 N–H and O–H groups in total. The Balaban J connectivity index is 2.64. The zero-order valence-corrected chi connectivity index (χ0v) is 8.68. The number of carbonyl (C=O) groups excluding carboxylic acids is 1. The minimum absolute atomic E-state index is 0.280. The van der Waals surface area contributed by atoms with Gasteiger partial charge in [0.05, 0.1) is 12.1 Å². The lowest BCUT2D eigenvalue weighted by Crippen LogP contribution is -2.35. The molecule has 0 aliphatic heterocycles. The molecule has 0 saturated carbocycles. The van der Waals surface area contributed by atoms with Crippen molar-refractivity contribution in [3.05, 3.63) is 48.6 Å². The van der Waals surface area contributed by atoms with Gasteiger partial charge in [0.2, 0.25) is 5.91 Å². The van der Waals surface area contributed by atoms with Crippen LogP contribution in [-0.4, -0.2) is 17.1 Å². The number of hydrogen-bond acceptors (Lipinski definition) is 2. The van der Waals surface area contributed by atoms with E-state index in [-0.39, 0.29) is 11.9 Å². The second-order valence-electron chi connectivity index (χ2n) is 3.36. The van der Waals surface area contributed by atoms with Crippen molar-refractivity contribution in [3.8, 4) is 0 Å². The summed E-state index contributed by atoms with van der Waals surface area (Å²) < 4.78 is 0. The molecule has 0 bridgehead atoms. The lowest BCUT2D eigenvalue weighted by atomic mass is 10.0. The standard InChI is InChI=1S/C12H15NO2/c1-3-11(14)13-9(2)12(15)10-7-5-4-6-8-10/h3-9,12,15H,1H2,2H3,(H,13,14). The van der Waals surface area contributed by atoms with Crippen LogP contribution in [0.1, 0.15) is 18.6 Å². The summed E-state index contributed by atoms with van der Waals surface area (Å²) in [5, 5.41) is 12.5. The summed E-state index contributed by atoms with van der Waals surface area (Å²) in [4.78, 5) is 11.0. The molecule has 0 radical (unpaired) electrons. The summed E-state index contributed by atoms with van der Waals surface area (Å²) in [5.74, 6) is -0.280. The van der Waals surface area contributed by atoms with Gasteiger partial charge in [0.15, 0.2) is 0 Å². The molecule has 0 aliphatic rings. The maximum absolute atomic E-state index is 11.0. The second kappa shape index (κ2) is 5.32. The number of nitrogens with one attached hydrogen (secondary N) is 1. The topological polar surface area (TPSA) is 49.3 Å². The van der Waals surface area contributed by atoms with Crippen molar-refractivity contribution in [2.45, 2.75) is 19.1 Å². The van der Waals surface area contributed by atoms with Crippen LogP contribution >= 0.6 is 0 Å². The lowest BCUT2D eigenvalue weighted by molar-refractivity contribution is -0.117. The van der Waals surface area contributed by atoms with Gasteiger partial charge in [0.1, 0.15) is 0 Å². The van der Waals surface area contributed by atoms with Gasteiger partial charge in [-0.25, -0.2) is 0 Å². The van der Waals surface area contributed by atoms with Gasteiger partial charge in [-0.15, -0.1) is 0 Å². The Labute approximate surface area is 89.4 Å². The number of hydrogen-bond donors (Lipinski definition) is 2. The first kappa shape index (κ1) is 11.5. The quantitative estimate of drug-likeness (QED) is 0.730. The van der Waals surface area contributed by atoms with Gasteiger partial charge < -0.3 is 10.4 Å². The third kappa shape index (κ3) is 3.22. The average molecular weight is 205 g/mol. The molecule has 0 saturated heterocycles. The smallest absolute Gasteiger partial charge is 0.243 e. The highest BCUT2D eigenvalue weighted by molar-refractivity contribution is 5.87. The van der Waals surface area contributed by atoms with E-state index in [9.17, 15) is 9.90 Å². The van der Waals surface area contributed by atoms with E-state index in [1.165, 1.54) is 6.08 Å². The van der Waals surface area contributed by atoms with Crippen molar-refractivity contribution in [2.24, 2.45) is 0 Å². The minimum atomic E-state index is -0.699. The van der Waals surface area contributed by atoms with Crippen LogP contribution in [0, 0.1) is 0 Å². The van der Waals surface area contributed by atoms with Gasteiger partial charge in [0.25, 0.3) is 0 Å². The van der Waals surface area contributed by atoms with E-state index in [2.05, 4.69) is 11.9 Å². The molecule has 1 aromatic rings. The molecule has 0 aliphatic carbocycles. The van der Waals surface area contributed by atoms with Crippen LogP contribution in [0.25, 0.3) is 0 Å². The van der Waals surface area contributed by atoms with E-state index < -0.39 is 6.10 Å². The molecule has 15 heavy (non-hydrogen) atoms. The van der Waals surface area contributed by atoms with E-state index in [1.807, 2.05) is 30.3 Å². The molecule has 0 fully saturated rings. The molecule has 0 aromatic heterocycles. The van der Waals surface area contributed by atoms with Crippen LogP contribution in [0.2, 0.25) is 0 Å². The fraction of sp³-hybridized carbons (Fsp3) is 0.250. The van der Waals surface area contributed by atoms with Crippen molar-refractivity contribution < 1.29 is 9.90 Å². The van der Waals surface area contributed by atoms with Crippen LogP contribution in [0.4, 0.5) is 0 Å². The summed E-state index contributed by atoms with van der Waals surface area (Å²) >= 11 is 0. The minimum Gasteiger partial charge on any atom is -0.386 e. The molecule has 0 heterocycles. The predicted octanol–water partition coefficient (Wildman–Crippen LogP) is 1.41. The molecule has 2 atom stereocenters. The first-order chi connectivity index (χ1) is 7.15. The Kier molecular flexibility index (Phi) is 4.06. The number of carbonyl (C=O) groups is 1. The van der Waals surface area contributed by atoms with Crippen molar-refractivity contribution in [3.63, 3.8) is 0 Å². The Hall–Kier alpha value is -1.61. The van der Waals surface area contributed by atoms with Gasteiger partial charge in [-0.2, -0.15) is 0 Å². The first-order valence-electron chi connectivity index (χ1n) is 4.81. The van der Waals surface area contributed by atoms with E-state index in [0.29, 0.717) is 0 Å². The average Bonchev–Trinajstić information content (AvgIpc) is 2.29. The first-order valence-corrected chi connectivity index (χ1v) is 4.81. The molecule has 1 aromatic carbocycles. The molecular formula is C12H15NO2. The van der Waals surface area contributed by atoms with Crippen molar-refractivity contribution in [1.82, 2.24) is 5.32 Å². The summed E-state index contributed by atoms with van der Waals surface area (Å²) in [6.45, 7) is 5.10. The fourth-order valence-electron chi connectivity index (χ4n) is 1.30. The summed E-state index contributed by atoms with van der Waals surface area (Å²) in [5.41, 5.74) is 0.786. The highest BCUT2D eigenvalue weighted by atomic mass is 16.3. The van der Waals surface area contributed by atoms with Crippen LogP contribution in [0.15, 0.2) is 43.0 Å². The third-order valence-electron chi connectivity index (χ3n) is 2.17. The van der Waals surface area contributed by atoms with E-state index in [4.69, 9.17) is 0 Å². The predicted molar refractivity (Wildman–Crippen MR) is 59.2 cm³/mol. The molecule has 80 valence electrons. The van der Waals surface area contributed by atoms with Crippen LogP contribution in [0.3, 0.4) is 0 Å². The Morgan fingerprint density at radius 2 is 2.07 bits per heavy atom. The SMILES string of the molecule is C=CC(=O)NC(C)C(O)c1ccccc1. The van der Waals surface area contributed by atoms with Crippen molar-refractivity contribution in [2.75, 3.05) is 0 Å². The monoisotopic (exact) mass is 205 g/mol. The van der Waals surface area contributed by atoms with E-state index >= 15 is 0 Å². The summed E-state index contributed by atoms with van der Waals surface area (Å²) in [6, 6.07) is 8.88. The molecule has 3 nitrogen and oxygen atoms in total. The van der Waals surface area contributed by atoms with Crippen molar-refractivity contribution in [1.29, 1.82) is 0 Å². The van der Waals surface area contributed by atoms with Crippen molar-refractivity contribution >= 4 is 5.91 Å². The summed E-state index contributed by atoms with van der Waals surface area (Å²) in [7, 11) is 0. The number of aliphatic hydroxyl groups excluding tert-OH is 1. The Morgan fingerprint density at radius 1 is 1.47 bits per heavy atom. The van der Waals surface area contributed by atoms with Crippen LogP contribution in [0.5, 0.6) is 0 Å². The van der Waals surface area contributed by atoms with Gasteiger partial charge in [-0.05, 0) is 18.6 Å². The molecule has 3 heteroatoms. The number of rotatable bonds is 4. The summed E-state index contributed by atoms with van der Waals surface area (Å²) in [6.07, 6.45) is 0.490. The molecule has 1 amide bonds. The second-order valence-corrected chi connectivity index (χ2v) is 3.36. The lowest BCUT2D eigenvalue weighted by Gasteiger charge is -2.19. The van der Waals surface area contributed by atoms with Crippen LogP contribution < -0.4 is 5.32 Å². The molecule has 2 unspecified atom stereocenters. The molecule has 1 rings (SSSR count). The maximum atomic E-state index is 11.0. The number of aliphatic hydroxyl groups is 1. The van der Waals surface area contributed by atoms with Gasteiger partial charge in [-0.3, -0.25) is 4.79 Å². The maximum Gasteiger partial charge on any atom is 0.243 e. The highest BCUT2D eigenvalue weighted by Crippen LogP contribution is 2.15. The third-order valence-corrected chi connectivity index (χ3v) is 2.17. The number of benzene rings is 1. The van der Waals surface area contributed by atoms with Gasteiger partial charge in [0, 0.05) is 0 Å². The normalized spacial score (nSPS) is 14.0. The highest BCUT2D eigenvalue weighted by Gasteiger charge is 2.16. The molecular weight excluding hydrogens is 190 g/mol. The largest absolute Gasteiger partial charge is 0.386 e. The molecule has 0 spiro atoms. The number of amides is 1. The Morgan fingerprint density at radius 3 is 2.60 bits per heavy atom. The zero-order valence-electron chi connectivity index (χ0n) is 8.68. The van der Waals surface area contributed by atoms with E-state index in [1.54, 1.807) is 6.92 Å². The van der Waals surface area contributed by atoms with Gasteiger partial charge >= 0.3 is 0 Å². The fourth-order valence-corrected chi connectivity index (χ4v) is 1.30.